The number of aromatic nitrogens is 2. The Balaban J connectivity index is 2.77. The van der Waals surface area contributed by atoms with Gasteiger partial charge in [-0.15, -0.1) is 0 Å². The normalized spacial score (nSPS) is 12.6. The fraction of sp³-hybridized carbons (Fsp3) is 0.556. The average molecular weight is 244 g/mol. The van der Waals surface area contributed by atoms with E-state index in [0.29, 0.717) is 6.04 Å². The second-order valence-electron chi connectivity index (χ2n) is 3.08. The van der Waals surface area contributed by atoms with E-state index in [1.165, 1.54) is 0 Å². The third-order valence-electron chi connectivity index (χ3n) is 1.81. The van der Waals surface area contributed by atoms with Crippen molar-refractivity contribution in [3.63, 3.8) is 0 Å². The van der Waals surface area contributed by atoms with Crippen LogP contribution >= 0.6 is 15.9 Å². The number of anilines is 1. The third-order valence-corrected chi connectivity index (χ3v) is 2.22. The highest BCUT2D eigenvalue weighted by Gasteiger charge is 2.02. The fourth-order valence-electron chi connectivity index (χ4n) is 0.960. The van der Waals surface area contributed by atoms with Gasteiger partial charge in [0.05, 0.1) is 0 Å². The third kappa shape index (κ3) is 3.30. The van der Waals surface area contributed by atoms with Crippen molar-refractivity contribution in [2.75, 3.05) is 5.32 Å². The summed E-state index contributed by atoms with van der Waals surface area (Å²) in [6, 6.07) is 2.33. The van der Waals surface area contributed by atoms with Crippen molar-refractivity contribution >= 4 is 21.7 Å². The quantitative estimate of drug-likeness (QED) is 0.831. The Bertz CT molecular complexity index is 268. The van der Waals surface area contributed by atoms with Gasteiger partial charge in [-0.1, -0.05) is 6.92 Å². The van der Waals surface area contributed by atoms with E-state index >= 15 is 0 Å². The van der Waals surface area contributed by atoms with Crippen LogP contribution in [0.2, 0.25) is 0 Å². The van der Waals surface area contributed by atoms with Gasteiger partial charge in [-0.2, -0.15) is 0 Å². The smallest absolute Gasteiger partial charge is 0.131 e. The molecule has 0 aliphatic heterocycles. The zero-order chi connectivity index (χ0) is 9.84. The molecule has 72 valence electrons. The van der Waals surface area contributed by atoms with Gasteiger partial charge in [-0.05, 0) is 36.2 Å². The van der Waals surface area contributed by atoms with E-state index in [0.717, 1.165) is 22.7 Å². The Morgan fingerprint density at radius 2 is 2.23 bits per heavy atom. The number of nitrogens with zero attached hydrogens (tertiary/aromatic N) is 2. The van der Waals surface area contributed by atoms with Crippen LogP contribution in [0, 0.1) is 6.92 Å². The lowest BCUT2D eigenvalue weighted by Crippen LogP contribution is -2.14. The molecule has 0 spiro atoms. The summed E-state index contributed by atoms with van der Waals surface area (Å²) in [5.41, 5.74) is 0. The van der Waals surface area contributed by atoms with Crippen molar-refractivity contribution in [1.29, 1.82) is 0 Å². The molecule has 0 saturated heterocycles. The molecule has 1 atom stereocenters. The second-order valence-corrected chi connectivity index (χ2v) is 3.89. The van der Waals surface area contributed by atoms with Gasteiger partial charge in [-0.3, -0.25) is 0 Å². The molecule has 1 unspecified atom stereocenters. The summed E-state index contributed by atoms with van der Waals surface area (Å²) in [7, 11) is 0. The largest absolute Gasteiger partial charge is 0.367 e. The van der Waals surface area contributed by atoms with Crippen LogP contribution in [0.1, 0.15) is 26.1 Å². The topological polar surface area (TPSA) is 37.8 Å². The van der Waals surface area contributed by atoms with Gasteiger partial charge < -0.3 is 5.32 Å². The van der Waals surface area contributed by atoms with E-state index in [2.05, 4.69) is 45.1 Å². The molecule has 0 aliphatic carbocycles. The Morgan fingerprint density at radius 3 is 2.77 bits per heavy atom. The monoisotopic (exact) mass is 243 g/mol. The number of nitrogens with one attached hydrogen (secondary N) is 1. The molecule has 1 rings (SSSR count). The molecule has 1 N–H and O–H groups in total. The maximum Gasteiger partial charge on any atom is 0.131 e. The highest BCUT2D eigenvalue weighted by molar-refractivity contribution is 9.10. The van der Waals surface area contributed by atoms with Crippen LogP contribution in [0.25, 0.3) is 0 Å². The highest BCUT2D eigenvalue weighted by Crippen LogP contribution is 2.13. The van der Waals surface area contributed by atoms with Gasteiger partial charge in [-0.25, -0.2) is 9.97 Å². The van der Waals surface area contributed by atoms with Crippen molar-refractivity contribution in [3.8, 4) is 0 Å². The lowest BCUT2D eigenvalue weighted by molar-refractivity contribution is 0.756. The van der Waals surface area contributed by atoms with Crippen LogP contribution in [0.4, 0.5) is 5.82 Å². The highest BCUT2D eigenvalue weighted by atomic mass is 79.9. The van der Waals surface area contributed by atoms with E-state index < -0.39 is 0 Å². The molecule has 3 nitrogen and oxygen atoms in total. The minimum Gasteiger partial charge on any atom is -0.367 e. The number of aryl methyl sites for hydroxylation is 1. The predicted molar refractivity (Wildman–Crippen MR) is 57.8 cm³/mol. The summed E-state index contributed by atoms with van der Waals surface area (Å²) in [6.07, 6.45) is 1.08. The van der Waals surface area contributed by atoms with E-state index in [1.54, 1.807) is 0 Å². The van der Waals surface area contributed by atoms with Crippen LogP contribution in [-0.4, -0.2) is 16.0 Å². The molecule has 0 saturated carbocycles. The molecule has 0 amide bonds. The van der Waals surface area contributed by atoms with Gasteiger partial charge in [0.1, 0.15) is 16.2 Å². The van der Waals surface area contributed by atoms with Crippen LogP contribution in [0.5, 0.6) is 0 Å². The Kier molecular flexibility index (Phi) is 3.66. The molecule has 0 aromatic carbocycles. The van der Waals surface area contributed by atoms with E-state index in [-0.39, 0.29) is 0 Å². The van der Waals surface area contributed by atoms with Crippen molar-refractivity contribution in [1.82, 2.24) is 9.97 Å². The first-order chi connectivity index (χ1) is 6.11. The average Bonchev–Trinajstić information content (AvgIpc) is 2.02. The van der Waals surface area contributed by atoms with Crippen LogP contribution in [0.15, 0.2) is 10.7 Å². The number of halogens is 1. The Hall–Kier alpha value is -0.640. The SMILES string of the molecule is CCC(C)Nc1cc(Br)nc(C)n1. The number of hydrogen-bond acceptors (Lipinski definition) is 3. The summed E-state index contributed by atoms with van der Waals surface area (Å²) in [6.45, 7) is 6.15. The van der Waals surface area contributed by atoms with Gasteiger partial charge in [0.25, 0.3) is 0 Å². The molecule has 0 radical (unpaired) electrons. The van der Waals surface area contributed by atoms with Crippen molar-refractivity contribution < 1.29 is 0 Å². The Labute approximate surface area is 87.1 Å². The van der Waals surface area contributed by atoms with E-state index in [1.807, 2.05) is 13.0 Å². The maximum absolute atomic E-state index is 4.27. The van der Waals surface area contributed by atoms with Crippen molar-refractivity contribution in [3.05, 3.63) is 16.5 Å². The summed E-state index contributed by atoms with van der Waals surface area (Å²) in [5, 5.41) is 3.29. The lowest BCUT2D eigenvalue weighted by atomic mass is 10.2. The van der Waals surface area contributed by atoms with Crippen LogP contribution in [-0.2, 0) is 0 Å². The second kappa shape index (κ2) is 4.56. The van der Waals surface area contributed by atoms with E-state index in [4.69, 9.17) is 0 Å². The molecule has 4 heteroatoms. The molecule has 0 aliphatic rings. The number of rotatable bonds is 3. The first-order valence-corrected chi connectivity index (χ1v) is 5.19. The lowest BCUT2D eigenvalue weighted by Gasteiger charge is -2.12. The molecule has 1 aromatic rings. The van der Waals surface area contributed by atoms with Gasteiger partial charge in [0.15, 0.2) is 0 Å². The maximum atomic E-state index is 4.27. The predicted octanol–water partition coefficient (Wildman–Crippen LogP) is 2.76. The number of hydrogen-bond donors (Lipinski definition) is 1. The van der Waals surface area contributed by atoms with Gasteiger partial charge >= 0.3 is 0 Å². The first kappa shape index (κ1) is 10.4. The molecular formula is C9H14BrN3. The van der Waals surface area contributed by atoms with Crippen LogP contribution in [0.3, 0.4) is 0 Å². The fourth-order valence-corrected chi connectivity index (χ4v) is 1.43. The summed E-state index contributed by atoms with van der Waals surface area (Å²) in [5.74, 6) is 1.66. The standard InChI is InChI=1S/C9H14BrN3/c1-4-6(2)11-9-5-8(10)12-7(3)13-9/h5-6H,4H2,1-3H3,(H,11,12,13). The Morgan fingerprint density at radius 1 is 1.54 bits per heavy atom. The zero-order valence-corrected chi connectivity index (χ0v) is 9.72. The van der Waals surface area contributed by atoms with Crippen molar-refractivity contribution in [2.45, 2.75) is 33.2 Å². The zero-order valence-electron chi connectivity index (χ0n) is 8.13. The molecule has 1 aromatic heterocycles. The molecule has 13 heavy (non-hydrogen) atoms. The summed E-state index contributed by atoms with van der Waals surface area (Å²) in [4.78, 5) is 8.40. The summed E-state index contributed by atoms with van der Waals surface area (Å²) < 4.78 is 0.825. The van der Waals surface area contributed by atoms with E-state index in [9.17, 15) is 0 Å². The van der Waals surface area contributed by atoms with Crippen molar-refractivity contribution in [2.24, 2.45) is 0 Å². The summed E-state index contributed by atoms with van der Waals surface area (Å²) >= 11 is 3.33. The molecule has 0 bridgehead atoms. The molecule has 0 fully saturated rings. The van der Waals surface area contributed by atoms with Gasteiger partial charge in [0, 0.05) is 12.1 Å². The molecule has 1 heterocycles. The minimum absolute atomic E-state index is 0.446. The van der Waals surface area contributed by atoms with Gasteiger partial charge in [0.2, 0.25) is 0 Å². The first-order valence-electron chi connectivity index (χ1n) is 4.39. The minimum atomic E-state index is 0.446. The van der Waals surface area contributed by atoms with Crippen LogP contribution < -0.4 is 5.32 Å². The molecular weight excluding hydrogens is 230 g/mol.